The van der Waals surface area contributed by atoms with Gasteiger partial charge < -0.3 is 15.3 Å². The first kappa shape index (κ1) is 23.8. The van der Waals surface area contributed by atoms with Crippen molar-refractivity contribution in [2.45, 2.75) is 14.7 Å². The largest absolute Gasteiger partial charge is 2.00 e. The van der Waals surface area contributed by atoms with Crippen molar-refractivity contribution in [3.63, 3.8) is 0 Å². The third kappa shape index (κ3) is 8.12. The Labute approximate surface area is 167 Å². The van der Waals surface area contributed by atoms with Crippen LogP contribution in [0.15, 0.2) is 106 Å². The van der Waals surface area contributed by atoms with Gasteiger partial charge in [0.05, 0.1) is 10.9 Å². The zero-order chi connectivity index (χ0) is 16.5. The number of hydrogen-bond acceptors (Lipinski definition) is 4. The second-order valence-corrected chi connectivity index (χ2v) is 6.94. The van der Waals surface area contributed by atoms with Crippen molar-refractivity contribution in [1.29, 1.82) is 0 Å². The van der Waals surface area contributed by atoms with Crippen LogP contribution in [0.1, 0.15) is 0 Å². The summed E-state index contributed by atoms with van der Waals surface area (Å²) in [6.45, 7) is 0. The second kappa shape index (κ2) is 13.0. The summed E-state index contributed by atoms with van der Waals surface area (Å²) in [6, 6.07) is 32.2. The molecule has 0 saturated carbocycles. The molecule has 3 aromatic carbocycles. The minimum absolute atomic E-state index is 0. The summed E-state index contributed by atoms with van der Waals surface area (Å²) in [4.78, 5) is 21.0. The van der Waals surface area contributed by atoms with E-state index in [1.165, 1.54) is 14.7 Å². The summed E-state index contributed by atoms with van der Waals surface area (Å²) in [5, 5.41) is 0. The molecule has 0 atom stereocenters. The van der Waals surface area contributed by atoms with Crippen molar-refractivity contribution in [2.24, 2.45) is 0 Å². The molecule has 0 aromatic heterocycles. The molecule has 1 N–H and O–H groups in total. The number of rotatable bonds is 3. The Morgan fingerprint density at radius 1 is 0.600 bits per heavy atom. The van der Waals surface area contributed by atoms with Crippen molar-refractivity contribution in [2.75, 3.05) is 0 Å². The zero-order valence-electron chi connectivity index (χ0n) is 13.4. The molecule has 7 heteroatoms. The van der Waals surface area contributed by atoms with Crippen molar-refractivity contribution in [1.82, 2.24) is 0 Å². The van der Waals surface area contributed by atoms with Crippen molar-refractivity contribution in [3.05, 3.63) is 91.0 Å². The molecule has 0 aliphatic heterocycles. The Balaban J connectivity index is 0.000000874. The van der Waals surface area contributed by atoms with Gasteiger partial charge in [0.25, 0.3) is 8.25 Å². The van der Waals surface area contributed by atoms with Gasteiger partial charge in [0.2, 0.25) is 0 Å². The monoisotopic (exact) mass is 383 g/mol. The van der Waals surface area contributed by atoms with Crippen LogP contribution in [0.4, 0.5) is 0 Å². The fraction of sp³-hybridized carbons (Fsp3) is 0. The molecular weight excluding hydrogens is 368 g/mol. The number of benzene rings is 3. The van der Waals surface area contributed by atoms with Gasteiger partial charge in [-0.1, -0.05) is 59.2 Å². The van der Waals surface area contributed by atoms with Gasteiger partial charge in [-0.2, -0.15) is 0 Å². The van der Waals surface area contributed by atoms with E-state index in [1.807, 2.05) is 0 Å². The quantitative estimate of drug-likeness (QED) is 0.395. The van der Waals surface area contributed by atoms with E-state index < -0.39 is 8.25 Å². The molecule has 0 unspecified atom stereocenters. The van der Waals surface area contributed by atoms with Gasteiger partial charge in [0.15, 0.2) is 14.7 Å². The Morgan fingerprint density at radius 2 is 0.800 bits per heavy atom. The van der Waals surface area contributed by atoms with Gasteiger partial charge in [0.1, 0.15) is 0 Å². The van der Waals surface area contributed by atoms with Crippen molar-refractivity contribution >= 4 is 42.2 Å². The molecule has 0 amide bonds. The van der Waals surface area contributed by atoms with Gasteiger partial charge >= 0.3 is 23.1 Å². The molecule has 0 fully saturated rings. The van der Waals surface area contributed by atoms with E-state index in [9.17, 15) is 0 Å². The third-order valence-electron chi connectivity index (χ3n) is 2.94. The maximum absolute atomic E-state index is 8.48. The standard InChI is InChI=1S/C18H15S.Mg.HO3P.H2O/c1-4-10-16(11-5-1)19(17-12-6-2-7-13-17)18-14-8-3-9-15-18;;1-4(2)3;/h1-15H;;(H,1,2,3);1H2/q+1;+2;;/p-2. The average Bonchev–Trinajstić information content (AvgIpc) is 2.58. The summed E-state index contributed by atoms with van der Waals surface area (Å²) >= 11 is 0. The normalized spacial score (nSPS) is 9.08. The minimum Gasteiger partial charge on any atom is -0.870 e. The molecule has 0 aliphatic carbocycles. The minimum atomic E-state index is -3.37. The van der Waals surface area contributed by atoms with Crippen molar-refractivity contribution in [3.8, 4) is 0 Å². The molecule has 0 bridgehead atoms. The fourth-order valence-electron chi connectivity index (χ4n) is 2.08. The van der Waals surface area contributed by atoms with E-state index in [0.717, 1.165) is 0 Å². The summed E-state index contributed by atoms with van der Waals surface area (Å²) in [5.41, 5.74) is 0. The van der Waals surface area contributed by atoms with Gasteiger partial charge in [-0.05, 0) is 36.4 Å². The molecule has 0 aliphatic rings. The van der Waals surface area contributed by atoms with E-state index in [-0.39, 0.29) is 39.4 Å². The van der Waals surface area contributed by atoms with E-state index >= 15 is 0 Å². The maximum Gasteiger partial charge on any atom is 2.00 e. The molecule has 0 saturated heterocycles. The maximum atomic E-state index is 8.48. The zero-order valence-corrected chi connectivity index (χ0v) is 16.5. The fourth-order valence-corrected chi connectivity index (χ4v) is 4.18. The summed E-state index contributed by atoms with van der Waals surface area (Å²) in [5.74, 6) is 0. The van der Waals surface area contributed by atoms with E-state index in [1.54, 1.807) is 0 Å². The molecule has 4 nitrogen and oxygen atoms in total. The summed E-state index contributed by atoms with van der Waals surface area (Å²) in [6.07, 6.45) is 0. The average molecular weight is 384 g/mol. The SMILES string of the molecule is O=[P+]([O-])[O-].[Mg+2].[OH-].c1ccc([S+](c2ccccc2)c2ccccc2)cc1. The van der Waals surface area contributed by atoms with Gasteiger partial charge in [0, 0.05) is 0 Å². The van der Waals surface area contributed by atoms with Crippen LogP contribution < -0.4 is 9.79 Å². The molecular formula is C18H16MgO4PS+. The predicted molar refractivity (Wildman–Crippen MR) is 96.8 cm³/mol. The van der Waals surface area contributed by atoms with Crippen LogP contribution in [-0.2, 0) is 15.5 Å². The Morgan fingerprint density at radius 3 is 1.00 bits per heavy atom. The first-order chi connectivity index (χ1) is 11.2. The van der Waals surface area contributed by atoms with Gasteiger partial charge in [-0.3, -0.25) is 0 Å². The van der Waals surface area contributed by atoms with Crippen LogP contribution in [0.2, 0.25) is 0 Å². The number of hydrogen-bond donors (Lipinski definition) is 0. The molecule has 25 heavy (non-hydrogen) atoms. The first-order valence-electron chi connectivity index (χ1n) is 6.89. The third-order valence-corrected chi connectivity index (χ3v) is 5.17. The molecule has 124 valence electrons. The van der Waals surface area contributed by atoms with Crippen LogP contribution in [0.25, 0.3) is 0 Å². The molecule has 0 radical (unpaired) electrons. The molecule has 3 rings (SSSR count). The van der Waals surface area contributed by atoms with Gasteiger partial charge in [-0.25, -0.2) is 0 Å². The van der Waals surface area contributed by atoms with E-state index in [0.29, 0.717) is 0 Å². The molecule has 3 aromatic rings. The Hall–Kier alpha value is -1.24. The van der Waals surface area contributed by atoms with Crippen LogP contribution in [-0.4, -0.2) is 28.5 Å². The molecule has 0 spiro atoms. The van der Waals surface area contributed by atoms with Crippen LogP contribution in [0.3, 0.4) is 0 Å². The van der Waals surface area contributed by atoms with Crippen LogP contribution >= 0.6 is 8.25 Å². The van der Waals surface area contributed by atoms with Crippen LogP contribution in [0.5, 0.6) is 0 Å². The van der Waals surface area contributed by atoms with Gasteiger partial charge in [-0.15, -0.1) is 0 Å². The topological polar surface area (TPSA) is 93.2 Å². The summed E-state index contributed by atoms with van der Waals surface area (Å²) in [7, 11) is -3.38. The predicted octanol–water partition coefficient (Wildman–Crippen LogP) is 2.59. The first-order valence-corrected chi connectivity index (χ1v) is 9.21. The smallest absolute Gasteiger partial charge is 0.870 e. The Kier molecular flexibility index (Phi) is 12.4. The van der Waals surface area contributed by atoms with E-state index in [2.05, 4.69) is 91.0 Å². The molecule has 0 heterocycles. The van der Waals surface area contributed by atoms with Crippen molar-refractivity contribution < 1.29 is 19.8 Å². The van der Waals surface area contributed by atoms with Crippen LogP contribution in [0, 0.1) is 0 Å². The second-order valence-electron chi connectivity index (χ2n) is 4.47. The Bertz CT molecular complexity index is 632. The van der Waals surface area contributed by atoms with E-state index in [4.69, 9.17) is 14.4 Å². The summed E-state index contributed by atoms with van der Waals surface area (Å²) < 4.78 is 8.48.